The molecule has 1 aliphatic heterocycles. The van der Waals surface area contributed by atoms with E-state index in [2.05, 4.69) is 29.1 Å². The van der Waals surface area contributed by atoms with Gasteiger partial charge in [-0.3, -0.25) is 14.6 Å². The quantitative estimate of drug-likeness (QED) is 0.781. The lowest BCUT2D eigenvalue weighted by Gasteiger charge is -2.27. The van der Waals surface area contributed by atoms with Gasteiger partial charge in [-0.1, -0.05) is 32.0 Å². The second-order valence-electron chi connectivity index (χ2n) is 7.79. The van der Waals surface area contributed by atoms with E-state index in [0.717, 1.165) is 16.8 Å². The van der Waals surface area contributed by atoms with Gasteiger partial charge in [0.15, 0.2) is 0 Å². The Morgan fingerprint density at radius 3 is 2.66 bits per heavy atom. The van der Waals surface area contributed by atoms with E-state index < -0.39 is 0 Å². The number of aromatic nitrogens is 2. The highest BCUT2D eigenvalue weighted by molar-refractivity contribution is 5.92. The summed E-state index contributed by atoms with van der Waals surface area (Å²) in [4.78, 5) is 34.6. The van der Waals surface area contributed by atoms with Crippen molar-refractivity contribution in [1.29, 1.82) is 0 Å². The first kappa shape index (κ1) is 21.0. The molecular weight excluding hydrogens is 368 g/mol. The van der Waals surface area contributed by atoms with Crippen LogP contribution >= 0.6 is 0 Å². The molecule has 1 aromatic carbocycles. The highest BCUT2D eigenvalue weighted by atomic mass is 16.5. The van der Waals surface area contributed by atoms with Crippen LogP contribution in [-0.2, 0) is 16.0 Å². The van der Waals surface area contributed by atoms with E-state index in [0.29, 0.717) is 55.8 Å². The average Bonchev–Trinajstić information content (AvgIpc) is 2.69. The summed E-state index contributed by atoms with van der Waals surface area (Å²) in [7, 11) is 0. The Labute approximate surface area is 171 Å². The second kappa shape index (κ2) is 9.22. The van der Waals surface area contributed by atoms with Crippen molar-refractivity contribution in [2.75, 3.05) is 36.5 Å². The number of carbonyl (C=O) groups excluding carboxylic acids is 1. The molecule has 0 unspecified atom stereocenters. The lowest BCUT2D eigenvalue weighted by molar-refractivity contribution is -0.116. The Morgan fingerprint density at radius 2 is 2.00 bits per heavy atom. The van der Waals surface area contributed by atoms with Crippen molar-refractivity contribution in [3.8, 4) is 0 Å². The zero-order valence-corrected chi connectivity index (χ0v) is 17.7. The maximum absolute atomic E-state index is 12.6. The summed E-state index contributed by atoms with van der Waals surface area (Å²) in [5, 5.41) is 3.04. The minimum absolute atomic E-state index is 0.0998. The molecule has 29 heavy (non-hydrogen) atoms. The maximum Gasteiger partial charge on any atom is 0.255 e. The van der Waals surface area contributed by atoms with E-state index in [1.165, 1.54) is 0 Å². The number of benzene rings is 1. The van der Waals surface area contributed by atoms with Gasteiger partial charge in [0.05, 0.1) is 13.2 Å². The number of morpholine rings is 1. The molecule has 0 bridgehead atoms. The summed E-state index contributed by atoms with van der Waals surface area (Å²) >= 11 is 0. The molecule has 2 N–H and O–H groups in total. The molecule has 1 fully saturated rings. The Kier molecular flexibility index (Phi) is 6.69. The van der Waals surface area contributed by atoms with E-state index >= 15 is 0 Å². The third kappa shape index (κ3) is 5.03. The number of amides is 1. The number of H-pyrrole nitrogens is 1. The van der Waals surface area contributed by atoms with E-state index in [9.17, 15) is 9.59 Å². The van der Waals surface area contributed by atoms with Crippen LogP contribution in [0.5, 0.6) is 0 Å². The smallest absolute Gasteiger partial charge is 0.255 e. The predicted octanol–water partition coefficient (Wildman–Crippen LogP) is 2.92. The number of carbonyl (C=O) groups is 1. The number of para-hydroxylation sites is 1. The van der Waals surface area contributed by atoms with Gasteiger partial charge in [0, 0.05) is 36.5 Å². The van der Waals surface area contributed by atoms with Crippen LogP contribution in [0.3, 0.4) is 0 Å². The van der Waals surface area contributed by atoms with Crippen LogP contribution in [0.15, 0.2) is 23.0 Å². The Hall–Kier alpha value is -2.67. The van der Waals surface area contributed by atoms with Crippen molar-refractivity contribution in [2.24, 2.45) is 0 Å². The highest BCUT2D eigenvalue weighted by Gasteiger charge is 2.17. The van der Waals surface area contributed by atoms with Gasteiger partial charge in [-0.25, -0.2) is 4.98 Å². The number of hydrogen-bond acceptors (Lipinski definition) is 5. The molecule has 0 saturated carbocycles. The van der Waals surface area contributed by atoms with Crippen LogP contribution in [0, 0.1) is 13.8 Å². The van der Waals surface area contributed by atoms with Crippen LogP contribution in [0.4, 0.5) is 11.6 Å². The van der Waals surface area contributed by atoms with E-state index in [-0.39, 0.29) is 17.9 Å². The number of anilines is 2. The number of nitrogens with zero attached hydrogens (tertiary/aromatic N) is 2. The summed E-state index contributed by atoms with van der Waals surface area (Å²) < 4.78 is 5.34. The maximum atomic E-state index is 12.6. The second-order valence-corrected chi connectivity index (χ2v) is 7.79. The Morgan fingerprint density at radius 1 is 1.28 bits per heavy atom. The fourth-order valence-electron chi connectivity index (χ4n) is 3.60. The first-order valence-corrected chi connectivity index (χ1v) is 10.2. The first-order chi connectivity index (χ1) is 13.9. The molecule has 1 saturated heterocycles. The molecule has 1 aliphatic rings. The number of aryl methyl sites for hydroxylation is 2. The zero-order valence-electron chi connectivity index (χ0n) is 17.7. The van der Waals surface area contributed by atoms with Crippen molar-refractivity contribution in [3.05, 3.63) is 50.9 Å². The number of aromatic amines is 1. The van der Waals surface area contributed by atoms with Gasteiger partial charge in [-0.15, -0.1) is 0 Å². The number of hydrogen-bond donors (Lipinski definition) is 2. The van der Waals surface area contributed by atoms with Crippen LogP contribution in [0.2, 0.25) is 0 Å². The molecule has 0 atom stereocenters. The molecular formula is C22H30N4O3. The monoisotopic (exact) mass is 398 g/mol. The third-order valence-electron chi connectivity index (χ3n) is 5.31. The molecule has 7 heteroatoms. The van der Waals surface area contributed by atoms with E-state index in [4.69, 9.17) is 4.74 Å². The molecule has 0 spiro atoms. The highest BCUT2D eigenvalue weighted by Crippen LogP contribution is 2.27. The molecule has 1 amide bonds. The Bertz CT molecular complexity index is 930. The molecule has 3 rings (SSSR count). The molecule has 2 heterocycles. The zero-order chi connectivity index (χ0) is 21.0. The van der Waals surface area contributed by atoms with Crippen molar-refractivity contribution < 1.29 is 9.53 Å². The van der Waals surface area contributed by atoms with Gasteiger partial charge in [-0.2, -0.15) is 0 Å². The van der Waals surface area contributed by atoms with Crippen molar-refractivity contribution in [2.45, 2.75) is 46.5 Å². The summed E-state index contributed by atoms with van der Waals surface area (Å²) in [5.74, 6) is 0.787. The minimum Gasteiger partial charge on any atom is -0.378 e. The summed E-state index contributed by atoms with van der Waals surface area (Å²) in [5.41, 5.74) is 4.08. The number of rotatable bonds is 6. The van der Waals surface area contributed by atoms with Gasteiger partial charge >= 0.3 is 0 Å². The summed E-state index contributed by atoms with van der Waals surface area (Å²) in [6.07, 6.45) is 0.584. The lowest BCUT2D eigenvalue weighted by Crippen LogP contribution is -2.38. The largest absolute Gasteiger partial charge is 0.378 e. The fourth-order valence-corrected chi connectivity index (χ4v) is 3.60. The SMILES string of the molecule is Cc1cccc(C(C)C)c1NC(=O)CCc1c(C)nc(N2CCOCC2)[nH]c1=O. The van der Waals surface area contributed by atoms with Gasteiger partial charge < -0.3 is 15.0 Å². The van der Waals surface area contributed by atoms with E-state index in [1.54, 1.807) is 0 Å². The van der Waals surface area contributed by atoms with Crippen LogP contribution in [0.25, 0.3) is 0 Å². The molecule has 0 radical (unpaired) electrons. The molecule has 7 nitrogen and oxygen atoms in total. The van der Waals surface area contributed by atoms with Gasteiger partial charge in [0.1, 0.15) is 0 Å². The standard InChI is InChI=1S/C22H30N4O3/c1-14(2)17-7-5-6-15(3)20(17)24-19(27)9-8-18-16(4)23-22(25-21(18)28)26-10-12-29-13-11-26/h5-7,14H,8-13H2,1-4H3,(H,24,27)(H,23,25,28). The summed E-state index contributed by atoms with van der Waals surface area (Å²) in [6.45, 7) is 10.7. The molecule has 0 aliphatic carbocycles. The topological polar surface area (TPSA) is 87.3 Å². The lowest BCUT2D eigenvalue weighted by atomic mass is 9.98. The van der Waals surface area contributed by atoms with Crippen molar-refractivity contribution in [3.63, 3.8) is 0 Å². The normalized spacial score (nSPS) is 14.3. The summed E-state index contributed by atoms with van der Waals surface area (Å²) in [6, 6.07) is 6.03. The van der Waals surface area contributed by atoms with Crippen molar-refractivity contribution >= 4 is 17.5 Å². The van der Waals surface area contributed by atoms with Crippen LogP contribution in [-0.4, -0.2) is 42.2 Å². The van der Waals surface area contributed by atoms with Crippen molar-refractivity contribution in [1.82, 2.24) is 9.97 Å². The third-order valence-corrected chi connectivity index (χ3v) is 5.31. The average molecular weight is 399 g/mol. The fraction of sp³-hybridized carbons (Fsp3) is 0.500. The van der Waals surface area contributed by atoms with Gasteiger partial charge in [-0.05, 0) is 37.3 Å². The minimum atomic E-state index is -0.175. The van der Waals surface area contributed by atoms with Gasteiger partial charge in [0.2, 0.25) is 11.9 Å². The predicted molar refractivity (Wildman–Crippen MR) is 115 cm³/mol. The molecule has 156 valence electrons. The molecule has 1 aromatic heterocycles. The number of ether oxygens (including phenoxy) is 1. The van der Waals surface area contributed by atoms with Gasteiger partial charge in [0.25, 0.3) is 5.56 Å². The molecule has 2 aromatic rings. The van der Waals surface area contributed by atoms with Crippen LogP contribution in [0.1, 0.15) is 48.6 Å². The van der Waals surface area contributed by atoms with E-state index in [1.807, 2.05) is 36.9 Å². The first-order valence-electron chi connectivity index (χ1n) is 10.2. The van der Waals surface area contributed by atoms with Crippen LogP contribution < -0.4 is 15.8 Å². The number of nitrogens with one attached hydrogen (secondary N) is 2. The Balaban J connectivity index is 1.69.